The first-order valence-electron chi connectivity index (χ1n) is 11.7. The molecule has 0 amide bonds. The Bertz CT molecular complexity index is 1050. The summed E-state index contributed by atoms with van der Waals surface area (Å²) in [7, 11) is 0. The molecule has 3 rings (SSSR count). The van der Waals surface area contributed by atoms with Gasteiger partial charge in [-0.2, -0.15) is 4.98 Å². The molecule has 1 aromatic carbocycles. The minimum atomic E-state index is 0.121. The molecule has 0 saturated carbocycles. The average Bonchev–Trinajstić information content (AvgIpc) is 3.30. The van der Waals surface area contributed by atoms with Crippen LogP contribution in [0.5, 0.6) is 5.75 Å². The van der Waals surface area contributed by atoms with Crippen molar-refractivity contribution in [1.29, 1.82) is 0 Å². The van der Waals surface area contributed by atoms with Gasteiger partial charge in [0.1, 0.15) is 18.2 Å². The minimum Gasteiger partial charge on any atom is -0.492 e. The third-order valence-electron chi connectivity index (χ3n) is 5.50. The molecule has 0 radical (unpaired) electrons. The third kappa shape index (κ3) is 6.09. The SMILES string of the molecule is CCc1cc(-c2noc(-c3cc(C)nc(N(CC)CC)c3)n2)cc(C)c1OCCNCCO. The number of nitrogens with one attached hydrogen (secondary N) is 1. The molecule has 0 aliphatic carbocycles. The van der Waals surface area contributed by atoms with E-state index in [0.29, 0.717) is 31.4 Å². The number of benzene rings is 1. The van der Waals surface area contributed by atoms with Crippen molar-refractivity contribution >= 4 is 5.82 Å². The molecular formula is C25H35N5O3. The van der Waals surface area contributed by atoms with E-state index in [1.807, 2.05) is 32.0 Å². The lowest BCUT2D eigenvalue weighted by molar-refractivity contribution is 0.274. The van der Waals surface area contributed by atoms with Crippen LogP contribution in [0.1, 0.15) is 37.6 Å². The van der Waals surface area contributed by atoms with Crippen molar-refractivity contribution in [3.63, 3.8) is 0 Å². The van der Waals surface area contributed by atoms with E-state index >= 15 is 0 Å². The second-order valence-corrected chi connectivity index (χ2v) is 7.91. The molecule has 8 nitrogen and oxygen atoms in total. The first-order chi connectivity index (χ1) is 16.0. The summed E-state index contributed by atoms with van der Waals surface area (Å²) >= 11 is 0. The lowest BCUT2D eigenvalue weighted by Gasteiger charge is -2.20. The highest BCUT2D eigenvalue weighted by Crippen LogP contribution is 2.31. The Morgan fingerprint density at radius 3 is 2.48 bits per heavy atom. The molecule has 3 aromatic rings. The van der Waals surface area contributed by atoms with Crippen LogP contribution in [0, 0.1) is 13.8 Å². The summed E-state index contributed by atoms with van der Waals surface area (Å²) in [5, 5.41) is 16.2. The molecule has 0 atom stereocenters. The number of aryl methyl sites for hydroxylation is 3. The van der Waals surface area contributed by atoms with Crippen LogP contribution in [-0.4, -0.2) is 59.6 Å². The second-order valence-electron chi connectivity index (χ2n) is 7.91. The molecule has 2 heterocycles. The van der Waals surface area contributed by atoms with Gasteiger partial charge in [0.2, 0.25) is 5.82 Å². The standard InChI is InChI=1S/C25H35N5O3/c1-6-19-15-20(13-17(4)23(19)32-12-10-26-9-11-31)24-28-25(33-29-24)21-14-18(5)27-22(16-21)30(7-2)8-3/h13-16,26,31H,6-12H2,1-5H3. The van der Waals surface area contributed by atoms with Crippen molar-refractivity contribution in [1.82, 2.24) is 20.4 Å². The molecule has 0 unspecified atom stereocenters. The van der Waals surface area contributed by atoms with Gasteiger partial charge >= 0.3 is 0 Å². The minimum absolute atomic E-state index is 0.121. The van der Waals surface area contributed by atoms with Crippen LogP contribution in [-0.2, 0) is 6.42 Å². The Morgan fingerprint density at radius 1 is 1.00 bits per heavy atom. The Hall–Kier alpha value is -2.97. The van der Waals surface area contributed by atoms with Crippen molar-refractivity contribution in [2.45, 2.75) is 41.0 Å². The highest BCUT2D eigenvalue weighted by Gasteiger charge is 2.17. The first kappa shape index (κ1) is 24.7. The number of aliphatic hydroxyl groups is 1. The van der Waals surface area contributed by atoms with E-state index in [1.165, 1.54) is 0 Å². The highest BCUT2D eigenvalue weighted by atomic mass is 16.5. The molecular weight excluding hydrogens is 418 g/mol. The Morgan fingerprint density at radius 2 is 1.79 bits per heavy atom. The van der Waals surface area contributed by atoms with Gasteiger partial charge in [0.25, 0.3) is 5.89 Å². The second kappa shape index (κ2) is 11.8. The molecule has 0 bridgehead atoms. The van der Waals surface area contributed by atoms with Gasteiger partial charge in [-0.3, -0.25) is 0 Å². The van der Waals surface area contributed by atoms with Crippen molar-refractivity contribution in [2.75, 3.05) is 44.3 Å². The molecule has 2 N–H and O–H groups in total. The predicted molar refractivity (Wildman–Crippen MR) is 131 cm³/mol. The van der Waals surface area contributed by atoms with Gasteiger partial charge in [0, 0.05) is 43.0 Å². The van der Waals surface area contributed by atoms with Gasteiger partial charge in [-0.1, -0.05) is 12.1 Å². The first-order valence-corrected chi connectivity index (χ1v) is 11.7. The molecule has 178 valence electrons. The van der Waals surface area contributed by atoms with Crippen molar-refractivity contribution in [3.05, 3.63) is 41.1 Å². The fraction of sp³-hybridized carbons (Fsp3) is 0.480. The van der Waals surface area contributed by atoms with Gasteiger partial charge < -0.3 is 24.6 Å². The summed E-state index contributed by atoms with van der Waals surface area (Å²) in [5.41, 5.74) is 4.81. The molecule has 8 heteroatoms. The van der Waals surface area contributed by atoms with E-state index in [-0.39, 0.29) is 6.61 Å². The molecule has 0 fully saturated rings. The molecule has 33 heavy (non-hydrogen) atoms. The smallest absolute Gasteiger partial charge is 0.258 e. The summed E-state index contributed by atoms with van der Waals surface area (Å²) in [6, 6.07) is 8.07. The Balaban J connectivity index is 1.85. The number of pyridine rings is 1. The fourth-order valence-electron chi connectivity index (χ4n) is 3.82. The van der Waals surface area contributed by atoms with E-state index in [4.69, 9.17) is 14.4 Å². The number of aromatic nitrogens is 3. The number of hydrogen-bond acceptors (Lipinski definition) is 8. The normalized spacial score (nSPS) is 11.1. The summed E-state index contributed by atoms with van der Waals surface area (Å²) in [4.78, 5) is 11.5. The third-order valence-corrected chi connectivity index (χ3v) is 5.50. The molecule has 0 aliphatic heterocycles. The average molecular weight is 454 g/mol. The lowest BCUT2D eigenvalue weighted by atomic mass is 10.0. The maximum atomic E-state index is 8.87. The number of aliphatic hydroxyl groups excluding tert-OH is 1. The number of hydrogen-bond donors (Lipinski definition) is 2. The van der Waals surface area contributed by atoms with Crippen molar-refractivity contribution < 1.29 is 14.4 Å². The largest absolute Gasteiger partial charge is 0.492 e. The number of anilines is 1. The summed E-state index contributed by atoms with van der Waals surface area (Å²) in [6.07, 6.45) is 0.829. The zero-order chi connectivity index (χ0) is 23.8. The van der Waals surface area contributed by atoms with Gasteiger partial charge in [0.05, 0.1) is 6.61 Å². The maximum absolute atomic E-state index is 8.87. The summed E-state index contributed by atoms with van der Waals surface area (Å²) in [5.74, 6) is 2.84. The Kier molecular flexibility index (Phi) is 8.79. The van der Waals surface area contributed by atoms with E-state index < -0.39 is 0 Å². The van der Waals surface area contributed by atoms with Gasteiger partial charge in [0.15, 0.2) is 0 Å². The van der Waals surface area contributed by atoms with E-state index in [0.717, 1.165) is 59.0 Å². The molecule has 0 aliphatic rings. The summed E-state index contributed by atoms with van der Waals surface area (Å²) in [6.45, 7) is 14.0. The molecule has 2 aromatic heterocycles. The number of ether oxygens (including phenoxy) is 1. The lowest BCUT2D eigenvalue weighted by Crippen LogP contribution is -2.24. The quantitative estimate of drug-likeness (QED) is 0.400. The highest BCUT2D eigenvalue weighted by molar-refractivity contribution is 5.65. The van der Waals surface area contributed by atoms with Crippen LogP contribution in [0.15, 0.2) is 28.8 Å². The van der Waals surface area contributed by atoms with Gasteiger partial charge in [-0.05, 0) is 69.5 Å². The zero-order valence-electron chi connectivity index (χ0n) is 20.3. The van der Waals surface area contributed by atoms with Crippen LogP contribution in [0.3, 0.4) is 0 Å². The maximum Gasteiger partial charge on any atom is 0.258 e. The number of nitrogens with zero attached hydrogens (tertiary/aromatic N) is 4. The molecule has 0 spiro atoms. The van der Waals surface area contributed by atoms with E-state index in [9.17, 15) is 0 Å². The van der Waals surface area contributed by atoms with Gasteiger partial charge in [-0.15, -0.1) is 0 Å². The van der Waals surface area contributed by atoms with Crippen LogP contribution in [0.25, 0.3) is 22.8 Å². The fourth-order valence-corrected chi connectivity index (χ4v) is 3.82. The van der Waals surface area contributed by atoms with Crippen LogP contribution in [0.4, 0.5) is 5.82 Å². The van der Waals surface area contributed by atoms with E-state index in [1.54, 1.807) is 0 Å². The van der Waals surface area contributed by atoms with Crippen LogP contribution in [0.2, 0.25) is 0 Å². The Labute approximate surface area is 196 Å². The summed E-state index contributed by atoms with van der Waals surface area (Å²) < 4.78 is 11.7. The van der Waals surface area contributed by atoms with Crippen molar-refractivity contribution in [3.8, 4) is 28.6 Å². The van der Waals surface area contributed by atoms with Crippen molar-refractivity contribution in [2.24, 2.45) is 0 Å². The van der Waals surface area contributed by atoms with E-state index in [2.05, 4.69) is 52.2 Å². The van der Waals surface area contributed by atoms with Gasteiger partial charge in [-0.25, -0.2) is 4.98 Å². The zero-order valence-corrected chi connectivity index (χ0v) is 20.3. The van der Waals surface area contributed by atoms with Crippen LogP contribution >= 0.6 is 0 Å². The number of rotatable bonds is 12. The molecule has 0 saturated heterocycles. The monoisotopic (exact) mass is 453 g/mol. The van der Waals surface area contributed by atoms with Crippen LogP contribution < -0.4 is 15.0 Å². The predicted octanol–water partition coefficient (Wildman–Crippen LogP) is 3.78. The topological polar surface area (TPSA) is 96.5 Å².